The molecule has 188 valence electrons. The minimum absolute atomic E-state index is 0. The van der Waals surface area contributed by atoms with Gasteiger partial charge < -0.3 is 34.5 Å². The molecule has 2 N–H and O–H groups in total. The molecule has 1 aromatic rings. The van der Waals surface area contributed by atoms with Crippen LogP contribution in [0, 0.1) is 5.92 Å². The average molecular weight is 577 g/mol. The van der Waals surface area contributed by atoms with E-state index in [2.05, 4.69) is 34.6 Å². The van der Waals surface area contributed by atoms with Crippen LogP contribution in [0.1, 0.15) is 32.6 Å². The molecular weight excluding hydrogens is 535 g/mol. The van der Waals surface area contributed by atoms with Crippen LogP contribution in [0.2, 0.25) is 0 Å². The molecule has 33 heavy (non-hydrogen) atoms. The van der Waals surface area contributed by atoms with Gasteiger partial charge in [-0.25, -0.2) is 0 Å². The monoisotopic (exact) mass is 576 g/mol. The van der Waals surface area contributed by atoms with Gasteiger partial charge >= 0.3 is 0 Å². The Morgan fingerprint density at radius 2 is 1.85 bits per heavy atom. The highest BCUT2D eigenvalue weighted by Crippen LogP contribution is 2.30. The van der Waals surface area contributed by atoms with Gasteiger partial charge in [-0.15, -0.1) is 24.0 Å². The summed E-state index contributed by atoms with van der Waals surface area (Å²) in [5, 5.41) is 6.97. The van der Waals surface area contributed by atoms with Crippen molar-refractivity contribution in [2.75, 3.05) is 71.7 Å². The van der Waals surface area contributed by atoms with Crippen molar-refractivity contribution < 1.29 is 18.9 Å². The van der Waals surface area contributed by atoms with Crippen molar-refractivity contribution in [2.45, 2.75) is 38.6 Å². The molecule has 2 aliphatic rings. The summed E-state index contributed by atoms with van der Waals surface area (Å²) >= 11 is 0. The van der Waals surface area contributed by atoms with E-state index in [0.29, 0.717) is 12.0 Å². The standard InChI is InChI=1S/C24H40N4O4.HI/c1-4-25-24(26-9-5-11-32-18-19-7-12-31-13-8-19)27-20-6-10-28(17-20)21-14-22(29-2)16-23(15-21)30-3;/h14-16,19-20H,4-13,17-18H2,1-3H3,(H2,25,26,27);1H. The Hall–Kier alpha value is -1.46. The molecule has 3 rings (SSSR count). The van der Waals surface area contributed by atoms with Gasteiger partial charge in [0.1, 0.15) is 11.5 Å². The smallest absolute Gasteiger partial charge is 0.191 e. The summed E-state index contributed by atoms with van der Waals surface area (Å²) in [6.07, 6.45) is 4.22. The molecular formula is C24H41IN4O4. The Morgan fingerprint density at radius 1 is 1.12 bits per heavy atom. The molecule has 9 heteroatoms. The van der Waals surface area contributed by atoms with E-state index < -0.39 is 0 Å². The Kier molecular flexibility index (Phi) is 13.0. The van der Waals surface area contributed by atoms with Crippen molar-refractivity contribution in [3.63, 3.8) is 0 Å². The highest BCUT2D eigenvalue weighted by atomic mass is 127. The molecule has 1 unspecified atom stereocenters. The molecule has 0 aliphatic carbocycles. The number of aliphatic imine (C=N–C) groups is 1. The zero-order valence-electron chi connectivity index (χ0n) is 20.3. The molecule has 2 saturated heterocycles. The quantitative estimate of drug-likeness (QED) is 0.181. The first-order valence-corrected chi connectivity index (χ1v) is 11.9. The van der Waals surface area contributed by atoms with Crippen LogP contribution < -0.4 is 25.0 Å². The molecule has 0 radical (unpaired) electrons. The summed E-state index contributed by atoms with van der Waals surface area (Å²) in [4.78, 5) is 7.11. The van der Waals surface area contributed by atoms with E-state index in [1.54, 1.807) is 14.2 Å². The van der Waals surface area contributed by atoms with Crippen LogP contribution in [-0.2, 0) is 9.47 Å². The van der Waals surface area contributed by atoms with Gasteiger partial charge in [0, 0.05) is 82.5 Å². The number of nitrogens with zero attached hydrogens (tertiary/aromatic N) is 2. The number of ether oxygens (including phenoxy) is 4. The Labute approximate surface area is 215 Å². The van der Waals surface area contributed by atoms with Gasteiger partial charge in [0.05, 0.1) is 14.2 Å². The van der Waals surface area contributed by atoms with E-state index in [4.69, 9.17) is 23.9 Å². The normalized spacial score (nSPS) is 19.2. The maximum atomic E-state index is 5.86. The van der Waals surface area contributed by atoms with Crippen molar-refractivity contribution in [1.82, 2.24) is 10.6 Å². The molecule has 2 aliphatic heterocycles. The van der Waals surface area contributed by atoms with Crippen LogP contribution >= 0.6 is 24.0 Å². The lowest BCUT2D eigenvalue weighted by molar-refractivity contribution is 0.0205. The van der Waals surface area contributed by atoms with Crippen LogP contribution in [0.25, 0.3) is 0 Å². The van der Waals surface area contributed by atoms with E-state index in [0.717, 1.165) is 101 Å². The van der Waals surface area contributed by atoms with Crippen molar-refractivity contribution in [1.29, 1.82) is 0 Å². The maximum Gasteiger partial charge on any atom is 0.191 e. The molecule has 2 heterocycles. The minimum Gasteiger partial charge on any atom is -0.497 e. The average Bonchev–Trinajstić information content (AvgIpc) is 3.30. The van der Waals surface area contributed by atoms with Gasteiger partial charge in [-0.1, -0.05) is 0 Å². The summed E-state index contributed by atoms with van der Waals surface area (Å²) in [6, 6.07) is 6.36. The summed E-state index contributed by atoms with van der Waals surface area (Å²) in [7, 11) is 3.37. The number of halogens is 1. The fourth-order valence-electron chi connectivity index (χ4n) is 4.12. The fourth-order valence-corrected chi connectivity index (χ4v) is 4.12. The third-order valence-electron chi connectivity index (χ3n) is 5.99. The van der Waals surface area contributed by atoms with Gasteiger partial charge in [-0.05, 0) is 38.5 Å². The fraction of sp³-hybridized carbons (Fsp3) is 0.708. The van der Waals surface area contributed by atoms with Crippen molar-refractivity contribution in [2.24, 2.45) is 10.9 Å². The number of guanidine groups is 1. The SMILES string of the molecule is CCNC(=NCCCOCC1CCOCC1)NC1CCN(c2cc(OC)cc(OC)c2)C1.I. The molecule has 1 atom stereocenters. The summed E-state index contributed by atoms with van der Waals surface area (Å²) < 4.78 is 22.1. The Morgan fingerprint density at radius 3 is 2.52 bits per heavy atom. The third-order valence-corrected chi connectivity index (χ3v) is 5.99. The Bertz CT molecular complexity index is 693. The molecule has 0 aromatic heterocycles. The molecule has 0 amide bonds. The summed E-state index contributed by atoms with van der Waals surface area (Å²) in [6.45, 7) is 8.94. The highest BCUT2D eigenvalue weighted by Gasteiger charge is 2.24. The number of hydrogen-bond acceptors (Lipinski definition) is 6. The van der Waals surface area contributed by atoms with Crippen molar-refractivity contribution in [3.05, 3.63) is 18.2 Å². The zero-order valence-corrected chi connectivity index (χ0v) is 22.6. The van der Waals surface area contributed by atoms with Gasteiger partial charge in [0.25, 0.3) is 0 Å². The minimum atomic E-state index is 0. The molecule has 0 saturated carbocycles. The number of hydrogen-bond donors (Lipinski definition) is 2. The van der Waals surface area contributed by atoms with Crippen LogP contribution in [0.5, 0.6) is 11.5 Å². The second-order valence-corrected chi connectivity index (χ2v) is 8.39. The summed E-state index contributed by atoms with van der Waals surface area (Å²) in [5.41, 5.74) is 1.12. The number of nitrogens with one attached hydrogen (secondary N) is 2. The lowest BCUT2D eigenvalue weighted by Gasteiger charge is -2.22. The van der Waals surface area contributed by atoms with E-state index in [1.807, 2.05) is 6.07 Å². The second-order valence-electron chi connectivity index (χ2n) is 8.39. The van der Waals surface area contributed by atoms with Crippen molar-refractivity contribution in [3.8, 4) is 11.5 Å². The molecule has 1 aromatic carbocycles. The molecule has 0 bridgehead atoms. The zero-order chi connectivity index (χ0) is 22.6. The van der Waals surface area contributed by atoms with Crippen LogP contribution in [0.3, 0.4) is 0 Å². The van der Waals surface area contributed by atoms with Gasteiger partial charge in [-0.2, -0.15) is 0 Å². The number of anilines is 1. The molecule has 0 spiro atoms. The lowest BCUT2D eigenvalue weighted by Crippen LogP contribution is -2.44. The van der Waals surface area contributed by atoms with Crippen molar-refractivity contribution >= 4 is 35.6 Å². The van der Waals surface area contributed by atoms with Crippen LogP contribution in [0.15, 0.2) is 23.2 Å². The van der Waals surface area contributed by atoms with Crippen LogP contribution in [0.4, 0.5) is 5.69 Å². The van der Waals surface area contributed by atoms with Gasteiger partial charge in [0.15, 0.2) is 5.96 Å². The highest BCUT2D eigenvalue weighted by molar-refractivity contribution is 14.0. The second kappa shape index (κ2) is 15.4. The molecule has 8 nitrogen and oxygen atoms in total. The maximum absolute atomic E-state index is 5.86. The topological polar surface area (TPSA) is 76.6 Å². The first-order valence-electron chi connectivity index (χ1n) is 11.9. The van der Waals surface area contributed by atoms with Gasteiger partial charge in [0.2, 0.25) is 0 Å². The molecule has 2 fully saturated rings. The van der Waals surface area contributed by atoms with E-state index in [9.17, 15) is 0 Å². The first-order chi connectivity index (χ1) is 15.7. The number of rotatable bonds is 11. The van der Waals surface area contributed by atoms with Gasteiger partial charge in [-0.3, -0.25) is 4.99 Å². The van der Waals surface area contributed by atoms with E-state index in [1.165, 1.54) is 0 Å². The van der Waals surface area contributed by atoms with E-state index in [-0.39, 0.29) is 24.0 Å². The number of benzene rings is 1. The third kappa shape index (κ3) is 9.36. The lowest BCUT2D eigenvalue weighted by atomic mass is 10.0. The van der Waals surface area contributed by atoms with Crippen LogP contribution in [-0.4, -0.2) is 78.8 Å². The predicted molar refractivity (Wildman–Crippen MR) is 144 cm³/mol. The number of methoxy groups -OCH3 is 2. The largest absolute Gasteiger partial charge is 0.497 e. The Balaban J connectivity index is 0.00000385. The first kappa shape index (κ1) is 27.8. The predicted octanol–water partition coefficient (Wildman–Crippen LogP) is 3.29. The summed E-state index contributed by atoms with van der Waals surface area (Å²) in [5.74, 6) is 3.16. The van der Waals surface area contributed by atoms with E-state index >= 15 is 0 Å².